The van der Waals surface area contributed by atoms with Crippen molar-refractivity contribution in [2.45, 2.75) is 17.9 Å². The molecule has 0 aromatic heterocycles. The van der Waals surface area contributed by atoms with Gasteiger partial charge in [0.05, 0.1) is 16.7 Å². The van der Waals surface area contributed by atoms with Crippen LogP contribution in [0.2, 0.25) is 0 Å². The van der Waals surface area contributed by atoms with E-state index in [4.69, 9.17) is 0 Å². The highest BCUT2D eigenvalue weighted by molar-refractivity contribution is 8.01. The van der Waals surface area contributed by atoms with E-state index in [0.717, 1.165) is 11.3 Å². The molecule has 3 rings (SSSR count). The van der Waals surface area contributed by atoms with Crippen molar-refractivity contribution >= 4 is 33.2 Å². The van der Waals surface area contributed by atoms with Crippen LogP contribution in [0.4, 0.5) is 11.4 Å². The molecule has 0 N–H and O–H groups in total. The molecule has 6 nitrogen and oxygen atoms in total. The molecular formula is C17H16N2O4S2. The van der Waals surface area contributed by atoms with Crippen LogP contribution >= 0.6 is 11.9 Å². The van der Waals surface area contributed by atoms with Gasteiger partial charge in [0.25, 0.3) is 5.69 Å². The van der Waals surface area contributed by atoms with Gasteiger partial charge in [0.15, 0.2) is 9.84 Å². The minimum atomic E-state index is -3.24. The van der Waals surface area contributed by atoms with Crippen molar-refractivity contribution in [2.75, 3.05) is 10.1 Å². The zero-order valence-corrected chi connectivity index (χ0v) is 15.0. The molecule has 0 spiro atoms. The quantitative estimate of drug-likeness (QED) is 0.449. The maximum Gasteiger partial charge on any atom is 0.284 e. The van der Waals surface area contributed by atoms with Crippen LogP contribution in [0.3, 0.4) is 0 Å². The Hall–Kier alpha value is -2.32. The highest BCUT2D eigenvalue weighted by atomic mass is 32.2. The average Bonchev–Trinajstić information content (AvgIpc) is 2.93. The summed E-state index contributed by atoms with van der Waals surface area (Å²) in [6, 6.07) is 13.7. The molecule has 0 saturated heterocycles. The molecule has 1 aliphatic heterocycles. The summed E-state index contributed by atoms with van der Waals surface area (Å²) in [5.41, 5.74) is 1.86. The number of anilines is 1. The third kappa shape index (κ3) is 4.02. The fourth-order valence-electron chi connectivity index (χ4n) is 2.50. The van der Waals surface area contributed by atoms with Gasteiger partial charge in [0.2, 0.25) is 0 Å². The Labute approximate surface area is 150 Å². The molecule has 0 aliphatic carbocycles. The zero-order valence-electron chi connectivity index (χ0n) is 13.4. The summed E-state index contributed by atoms with van der Waals surface area (Å²) in [7, 11) is -3.24. The highest BCUT2D eigenvalue weighted by Gasteiger charge is 2.30. The van der Waals surface area contributed by atoms with Crippen molar-refractivity contribution < 1.29 is 13.3 Å². The van der Waals surface area contributed by atoms with E-state index in [1.54, 1.807) is 24.3 Å². The number of aryl methyl sites for hydroxylation is 1. The van der Waals surface area contributed by atoms with Crippen molar-refractivity contribution in [3.63, 3.8) is 0 Å². The molecule has 0 radical (unpaired) electrons. The second-order valence-electron chi connectivity index (χ2n) is 5.70. The fraction of sp³-hybridized carbons (Fsp3) is 0.176. The summed E-state index contributed by atoms with van der Waals surface area (Å²) in [5, 5.41) is 12.5. The van der Waals surface area contributed by atoms with Crippen LogP contribution < -0.4 is 4.31 Å². The largest absolute Gasteiger partial charge is 0.304 e. The number of sulfone groups is 1. The first-order valence-electron chi connectivity index (χ1n) is 7.54. The normalized spacial score (nSPS) is 18.2. The Morgan fingerprint density at radius 1 is 1.16 bits per heavy atom. The Balaban J connectivity index is 1.99. The molecule has 130 valence electrons. The maximum absolute atomic E-state index is 11.8. The third-order valence-corrected chi connectivity index (χ3v) is 6.36. The van der Waals surface area contributed by atoms with Crippen molar-refractivity contribution in [1.82, 2.24) is 0 Å². The number of para-hydroxylation sites is 1. The molecule has 1 heterocycles. The summed E-state index contributed by atoms with van der Waals surface area (Å²) in [6.45, 7) is 1.96. The van der Waals surface area contributed by atoms with Crippen LogP contribution in [0.15, 0.2) is 64.9 Å². The predicted molar refractivity (Wildman–Crippen MR) is 99.3 cm³/mol. The van der Waals surface area contributed by atoms with Gasteiger partial charge in [-0.25, -0.2) is 8.42 Å². The van der Waals surface area contributed by atoms with Gasteiger partial charge in [0, 0.05) is 17.2 Å². The number of hydrogen-bond donors (Lipinski definition) is 0. The van der Waals surface area contributed by atoms with Crippen molar-refractivity contribution in [3.8, 4) is 0 Å². The van der Waals surface area contributed by atoms with E-state index >= 15 is 0 Å². The lowest BCUT2D eigenvalue weighted by atomic mass is 10.2. The van der Waals surface area contributed by atoms with Crippen LogP contribution in [0, 0.1) is 17.0 Å². The first kappa shape index (κ1) is 17.5. The fourth-order valence-corrected chi connectivity index (χ4v) is 4.96. The second-order valence-corrected chi connectivity index (χ2v) is 8.65. The predicted octanol–water partition coefficient (Wildman–Crippen LogP) is 3.73. The monoisotopic (exact) mass is 376 g/mol. The molecule has 2 aromatic rings. The Morgan fingerprint density at radius 2 is 1.84 bits per heavy atom. The van der Waals surface area contributed by atoms with E-state index in [0.29, 0.717) is 4.90 Å². The lowest BCUT2D eigenvalue weighted by Gasteiger charge is -2.28. The molecule has 0 bridgehead atoms. The molecule has 1 atom stereocenters. The first-order valence-corrected chi connectivity index (χ1v) is 10.0. The van der Waals surface area contributed by atoms with Crippen LogP contribution in [-0.2, 0) is 9.84 Å². The number of hydrogen-bond acceptors (Lipinski definition) is 6. The first-order chi connectivity index (χ1) is 11.9. The van der Waals surface area contributed by atoms with Crippen LogP contribution in [0.5, 0.6) is 0 Å². The molecule has 25 heavy (non-hydrogen) atoms. The van der Waals surface area contributed by atoms with E-state index in [1.165, 1.54) is 23.4 Å². The van der Waals surface area contributed by atoms with Crippen LogP contribution in [-0.4, -0.2) is 25.1 Å². The molecule has 8 heteroatoms. The molecule has 0 saturated carbocycles. The molecule has 1 aliphatic rings. The maximum atomic E-state index is 11.8. The van der Waals surface area contributed by atoms with Crippen molar-refractivity contribution in [3.05, 3.63) is 75.7 Å². The molecule has 0 amide bonds. The van der Waals surface area contributed by atoms with Gasteiger partial charge in [0.1, 0.15) is 4.90 Å². The van der Waals surface area contributed by atoms with Gasteiger partial charge in [-0.1, -0.05) is 29.8 Å². The van der Waals surface area contributed by atoms with Crippen LogP contribution in [0.25, 0.3) is 0 Å². The van der Waals surface area contributed by atoms with Gasteiger partial charge in [-0.15, -0.1) is 0 Å². The lowest BCUT2D eigenvalue weighted by molar-refractivity contribution is -0.387. The molecule has 0 unspecified atom stereocenters. The Morgan fingerprint density at radius 3 is 2.44 bits per heavy atom. The molecule has 0 fully saturated rings. The van der Waals surface area contributed by atoms with Crippen LogP contribution in [0.1, 0.15) is 5.56 Å². The van der Waals surface area contributed by atoms with E-state index in [9.17, 15) is 18.5 Å². The zero-order chi connectivity index (χ0) is 18.0. The number of nitrogens with zero attached hydrogens (tertiary/aromatic N) is 2. The van der Waals surface area contributed by atoms with E-state index < -0.39 is 20.8 Å². The number of rotatable bonds is 5. The third-order valence-electron chi connectivity index (χ3n) is 3.76. The van der Waals surface area contributed by atoms with Gasteiger partial charge >= 0.3 is 0 Å². The number of benzene rings is 2. The summed E-state index contributed by atoms with van der Waals surface area (Å²) in [6.07, 6.45) is 1.62. The standard InChI is InChI=1S/C17H16N2O4S2/c1-13-6-8-14(9-7-13)18(15-10-11-25(22,23)12-15)24-17-5-3-2-4-16(17)19(20)21/h2-11,15H,12H2,1H3/t15-/m1/s1. The van der Waals surface area contributed by atoms with E-state index in [2.05, 4.69) is 0 Å². The minimum absolute atomic E-state index is 0.00514. The number of nitro groups is 1. The summed E-state index contributed by atoms with van der Waals surface area (Å²) in [4.78, 5) is 11.3. The van der Waals surface area contributed by atoms with Crippen molar-refractivity contribution in [2.24, 2.45) is 0 Å². The minimum Gasteiger partial charge on any atom is -0.304 e. The SMILES string of the molecule is Cc1ccc(N(Sc2ccccc2[N+](=O)[O-])[C@@H]2C=CS(=O)(=O)C2)cc1. The topological polar surface area (TPSA) is 80.5 Å². The summed E-state index contributed by atoms with van der Waals surface area (Å²) < 4.78 is 25.5. The number of nitro benzene ring substituents is 1. The highest BCUT2D eigenvalue weighted by Crippen LogP contribution is 2.37. The second kappa shape index (κ2) is 6.89. The Kier molecular flexibility index (Phi) is 4.82. The average molecular weight is 376 g/mol. The van der Waals surface area contributed by atoms with Gasteiger partial charge in [-0.05, 0) is 43.1 Å². The van der Waals surface area contributed by atoms with E-state index in [-0.39, 0.29) is 11.4 Å². The van der Waals surface area contributed by atoms with Gasteiger partial charge < -0.3 is 4.31 Å². The van der Waals surface area contributed by atoms with Gasteiger partial charge in [-0.3, -0.25) is 10.1 Å². The van der Waals surface area contributed by atoms with Gasteiger partial charge in [-0.2, -0.15) is 0 Å². The van der Waals surface area contributed by atoms with Crippen molar-refractivity contribution in [1.29, 1.82) is 0 Å². The molecular weight excluding hydrogens is 360 g/mol. The molecule has 2 aromatic carbocycles. The smallest absolute Gasteiger partial charge is 0.284 e. The van der Waals surface area contributed by atoms with E-state index in [1.807, 2.05) is 35.5 Å². The lowest BCUT2D eigenvalue weighted by Crippen LogP contribution is -2.30. The summed E-state index contributed by atoms with van der Waals surface area (Å²) >= 11 is 1.18. The summed E-state index contributed by atoms with van der Waals surface area (Å²) in [5.74, 6) is -0.0471. The Bertz CT molecular complexity index is 924.